The van der Waals surface area contributed by atoms with E-state index in [9.17, 15) is 0 Å². The average molecular weight is 357 g/mol. The first kappa shape index (κ1) is 15.9. The predicted molar refractivity (Wildman–Crippen MR) is 17.6 cm³/mol. The zero-order valence-electron chi connectivity index (χ0n) is 2.85. The Hall–Kier alpha value is 2.81. The van der Waals surface area contributed by atoms with Crippen molar-refractivity contribution in [3.8, 4) is 0 Å². The zero-order chi connectivity index (χ0) is 3.58. The maximum atomic E-state index is 4.97. The van der Waals surface area contributed by atoms with E-state index < -0.39 is 13.5 Å². The molecule has 0 aliphatic rings. The van der Waals surface area contributed by atoms with Gasteiger partial charge in [-0.1, -0.05) is 0 Å². The molecular formula is Cl4IrNa. The Balaban J connectivity index is -0.0000000450. The fraction of sp³-hybridized carbons (Fsp3) is 0. The Morgan fingerprint density at radius 3 is 1.00 bits per heavy atom. The van der Waals surface area contributed by atoms with Crippen molar-refractivity contribution in [2.75, 3.05) is 0 Å². The second kappa shape index (κ2) is 10.7. The van der Waals surface area contributed by atoms with Crippen LogP contribution in [-0.4, -0.2) is 0 Å². The van der Waals surface area contributed by atoms with Gasteiger partial charge in [0.05, 0.1) is 0 Å². The molecule has 0 aromatic heterocycles. The van der Waals surface area contributed by atoms with E-state index >= 15 is 0 Å². The minimum Gasteiger partial charge on any atom is 1.00 e. The Bertz CT molecular complexity index is 12.3. The smallest absolute Gasteiger partial charge is 1.00 e. The molecule has 0 heterocycles. The molecule has 0 spiro atoms. The molecule has 0 saturated carbocycles. The second-order valence-electron chi connectivity index (χ2n) is 0.143. The van der Waals surface area contributed by atoms with Crippen LogP contribution in [0.1, 0.15) is 0 Å². The molecule has 0 radical (unpaired) electrons. The van der Waals surface area contributed by atoms with Gasteiger partial charge in [0.15, 0.2) is 0 Å². The Labute approximate surface area is 82.8 Å². The van der Waals surface area contributed by atoms with Gasteiger partial charge < -0.3 is 12.4 Å². The normalized spacial score (nSPS) is 7.50. The summed E-state index contributed by atoms with van der Waals surface area (Å²) in [5, 5.41) is 0. The molecule has 0 unspecified atom stereocenters. The van der Waals surface area contributed by atoms with Crippen molar-refractivity contribution in [2.24, 2.45) is 0 Å². The third kappa shape index (κ3) is 29.1. The Kier molecular flexibility index (Phi) is 28.5. The summed E-state index contributed by atoms with van der Waals surface area (Å²) in [6.45, 7) is 0. The molecule has 0 rings (SSSR count). The van der Waals surface area contributed by atoms with E-state index in [0.29, 0.717) is 0 Å². The summed E-state index contributed by atoms with van der Waals surface area (Å²) in [6, 6.07) is 0. The molecule has 0 amide bonds. The Morgan fingerprint density at radius 2 is 1.00 bits per heavy atom. The van der Waals surface area contributed by atoms with E-state index in [1.54, 1.807) is 0 Å². The van der Waals surface area contributed by atoms with Gasteiger partial charge in [-0.3, -0.25) is 0 Å². The van der Waals surface area contributed by atoms with Gasteiger partial charge in [0, 0.05) is 0 Å². The predicted octanol–water partition coefficient (Wildman–Crippen LogP) is -3.93. The van der Waals surface area contributed by atoms with Crippen LogP contribution in [0.2, 0.25) is 0 Å². The first-order valence-electron chi connectivity index (χ1n) is 0.378. The molecule has 0 N–H and O–H groups in total. The molecule has 38 valence electrons. The van der Waals surface area contributed by atoms with E-state index in [-0.39, 0.29) is 42.0 Å². The van der Waals surface area contributed by atoms with Gasteiger partial charge in [-0.05, 0) is 0 Å². The zero-order valence-corrected chi connectivity index (χ0v) is 10.3. The van der Waals surface area contributed by atoms with Crippen LogP contribution < -0.4 is 42.0 Å². The van der Waals surface area contributed by atoms with Gasteiger partial charge in [0.25, 0.3) is 0 Å². The molecule has 0 fully saturated rings. The van der Waals surface area contributed by atoms with E-state index in [0.717, 1.165) is 0 Å². The van der Waals surface area contributed by atoms with Crippen LogP contribution in [0, 0.1) is 0 Å². The van der Waals surface area contributed by atoms with Crippen LogP contribution in [0.5, 0.6) is 0 Å². The summed E-state index contributed by atoms with van der Waals surface area (Å²) < 4.78 is 0. The summed E-state index contributed by atoms with van der Waals surface area (Å²) in [7, 11) is 14.9. The van der Waals surface area contributed by atoms with E-state index in [2.05, 4.69) is 0 Å². The molecule has 0 aromatic rings. The Morgan fingerprint density at radius 1 is 1.00 bits per heavy atom. The molecule has 0 bridgehead atoms. The largest absolute Gasteiger partial charge is 1.00 e. The van der Waals surface area contributed by atoms with Crippen LogP contribution in [0.25, 0.3) is 0 Å². The quantitative estimate of drug-likeness (QED) is 0.389. The minimum atomic E-state index is -1.92. The number of rotatable bonds is 0. The van der Waals surface area contributed by atoms with Crippen LogP contribution >= 0.6 is 28.8 Å². The summed E-state index contributed by atoms with van der Waals surface area (Å²) >= 11 is -1.92. The van der Waals surface area contributed by atoms with Gasteiger partial charge in [0.2, 0.25) is 0 Å². The SMILES string of the molecule is [Cl-].[Cl][Ir]([Cl])[Cl].[Na+]. The van der Waals surface area contributed by atoms with Crippen molar-refractivity contribution in [3.63, 3.8) is 0 Å². The standard InChI is InChI=1S/4ClH.Ir.Na/h4*1H;;/q;;;;+3;+1/p-4. The van der Waals surface area contributed by atoms with Crippen molar-refractivity contribution in [1.82, 2.24) is 0 Å². The fourth-order valence-electron chi connectivity index (χ4n) is 0. The third-order valence-electron chi connectivity index (χ3n) is 0. The minimum absolute atomic E-state index is 0. The maximum Gasteiger partial charge on any atom is 1.00 e. The van der Waals surface area contributed by atoms with Gasteiger partial charge in [-0.2, -0.15) is 0 Å². The first-order chi connectivity index (χ1) is 1.73. The van der Waals surface area contributed by atoms with Gasteiger partial charge in [0.1, 0.15) is 0 Å². The van der Waals surface area contributed by atoms with Gasteiger partial charge >= 0.3 is 71.8 Å². The molecule has 6 heavy (non-hydrogen) atoms. The van der Waals surface area contributed by atoms with Crippen molar-refractivity contribution < 1.29 is 55.4 Å². The van der Waals surface area contributed by atoms with Crippen LogP contribution in [-0.2, 0) is 13.5 Å². The topological polar surface area (TPSA) is 0 Å². The molecule has 0 nitrogen and oxygen atoms in total. The number of hydrogen-bond acceptors (Lipinski definition) is 0. The van der Waals surface area contributed by atoms with Crippen molar-refractivity contribution in [1.29, 1.82) is 0 Å². The molecule has 0 atom stereocenters. The van der Waals surface area contributed by atoms with Crippen molar-refractivity contribution >= 4 is 28.8 Å². The molecule has 0 aromatic carbocycles. The molecular weight excluding hydrogens is 357 g/mol. The number of hydrogen-bond donors (Lipinski definition) is 0. The summed E-state index contributed by atoms with van der Waals surface area (Å²) in [5.74, 6) is 0. The van der Waals surface area contributed by atoms with Crippen LogP contribution in [0.15, 0.2) is 0 Å². The van der Waals surface area contributed by atoms with E-state index in [1.165, 1.54) is 0 Å². The van der Waals surface area contributed by atoms with Crippen molar-refractivity contribution in [2.45, 2.75) is 0 Å². The number of halogens is 4. The fourth-order valence-corrected chi connectivity index (χ4v) is 0. The summed E-state index contributed by atoms with van der Waals surface area (Å²) in [4.78, 5) is 0. The maximum absolute atomic E-state index is 4.97. The molecule has 6 heteroatoms. The van der Waals surface area contributed by atoms with E-state index in [4.69, 9.17) is 28.8 Å². The van der Waals surface area contributed by atoms with Crippen LogP contribution in [0.3, 0.4) is 0 Å². The van der Waals surface area contributed by atoms with Crippen molar-refractivity contribution in [3.05, 3.63) is 0 Å². The van der Waals surface area contributed by atoms with Gasteiger partial charge in [-0.25, -0.2) is 0 Å². The average Bonchev–Trinajstić information content (AvgIpc) is 0.811. The van der Waals surface area contributed by atoms with Gasteiger partial charge in [-0.15, -0.1) is 0 Å². The second-order valence-corrected chi connectivity index (χ2v) is 10.5. The monoisotopic (exact) mass is 356 g/mol. The van der Waals surface area contributed by atoms with Crippen LogP contribution in [0.4, 0.5) is 0 Å². The molecule has 0 aliphatic heterocycles. The molecule has 0 aliphatic carbocycles. The first-order valence-corrected chi connectivity index (χ1v) is 9.28. The summed E-state index contributed by atoms with van der Waals surface area (Å²) in [5.41, 5.74) is 0. The van der Waals surface area contributed by atoms with E-state index in [1.807, 2.05) is 0 Å². The third-order valence-corrected chi connectivity index (χ3v) is 0. The molecule has 0 saturated heterocycles. The summed E-state index contributed by atoms with van der Waals surface area (Å²) in [6.07, 6.45) is 0.